The molecule has 0 atom stereocenters. The Morgan fingerprint density at radius 3 is 1.92 bits per heavy atom. The summed E-state index contributed by atoms with van der Waals surface area (Å²) in [7, 11) is 0. The highest BCUT2D eigenvalue weighted by Gasteiger charge is 2.04. The molecule has 0 spiro atoms. The Labute approximate surface area is 158 Å². The molecule has 0 radical (unpaired) electrons. The molecule has 0 saturated heterocycles. The highest BCUT2D eigenvalue weighted by atomic mass is 35.5. The summed E-state index contributed by atoms with van der Waals surface area (Å²) in [5, 5.41) is 0.645. The van der Waals surface area contributed by atoms with E-state index in [4.69, 9.17) is 21.1 Å². The van der Waals surface area contributed by atoms with Gasteiger partial charge in [-0.25, -0.2) is 4.79 Å². The number of ether oxygens (including phenoxy) is 2. The minimum Gasteiger partial charge on any atom is -0.482 e. The molecule has 0 bridgehead atoms. The van der Waals surface area contributed by atoms with Crippen LogP contribution >= 0.6 is 11.6 Å². The lowest BCUT2D eigenvalue weighted by Crippen LogP contribution is -2.15. The first-order chi connectivity index (χ1) is 12.2. The third-order valence-corrected chi connectivity index (χ3v) is 4.43. The van der Waals surface area contributed by atoms with E-state index in [0.29, 0.717) is 17.4 Å². The zero-order valence-corrected chi connectivity index (χ0v) is 16.4. The number of hydrogen-bond donors (Lipinski definition) is 0. The zero-order valence-electron chi connectivity index (χ0n) is 15.6. The van der Waals surface area contributed by atoms with Gasteiger partial charge in [0.25, 0.3) is 0 Å². The molecule has 0 aliphatic heterocycles. The number of esters is 1. The van der Waals surface area contributed by atoms with Crippen LogP contribution in [0.15, 0.2) is 24.3 Å². The Balaban J connectivity index is 1.86. The molecular formula is C21H33ClO3. The zero-order chi connectivity index (χ0) is 18.2. The molecule has 1 rings (SSSR count). The van der Waals surface area contributed by atoms with Gasteiger partial charge in [0.15, 0.2) is 6.61 Å². The van der Waals surface area contributed by atoms with E-state index in [1.165, 1.54) is 57.8 Å². The monoisotopic (exact) mass is 368 g/mol. The predicted molar refractivity (Wildman–Crippen MR) is 104 cm³/mol. The Kier molecular flexibility index (Phi) is 13.2. The van der Waals surface area contributed by atoms with Crippen molar-refractivity contribution in [3.63, 3.8) is 0 Å². The van der Waals surface area contributed by atoms with E-state index in [2.05, 4.69) is 6.92 Å². The van der Waals surface area contributed by atoms with Gasteiger partial charge in [-0.15, -0.1) is 0 Å². The van der Waals surface area contributed by atoms with Crippen LogP contribution in [0.4, 0.5) is 0 Å². The molecule has 0 saturated carbocycles. The van der Waals surface area contributed by atoms with Crippen molar-refractivity contribution in [3.8, 4) is 5.75 Å². The van der Waals surface area contributed by atoms with Crippen LogP contribution in [0.25, 0.3) is 0 Å². The molecule has 25 heavy (non-hydrogen) atoms. The molecule has 0 fully saturated rings. The number of unbranched alkanes of at least 4 members (excludes halogenated alkanes) is 10. The number of halogens is 1. The molecule has 3 nitrogen and oxygen atoms in total. The fourth-order valence-corrected chi connectivity index (χ4v) is 2.79. The Morgan fingerprint density at radius 2 is 1.36 bits per heavy atom. The van der Waals surface area contributed by atoms with Gasteiger partial charge < -0.3 is 9.47 Å². The average Bonchev–Trinajstić information content (AvgIpc) is 2.62. The highest BCUT2D eigenvalue weighted by molar-refractivity contribution is 6.30. The first kappa shape index (κ1) is 21.8. The maximum absolute atomic E-state index is 11.6. The van der Waals surface area contributed by atoms with Crippen molar-refractivity contribution in [1.29, 1.82) is 0 Å². The van der Waals surface area contributed by atoms with Crippen LogP contribution in [-0.4, -0.2) is 19.2 Å². The van der Waals surface area contributed by atoms with Gasteiger partial charge in [-0.2, -0.15) is 0 Å². The average molecular weight is 369 g/mol. The Hall–Kier alpha value is -1.22. The largest absolute Gasteiger partial charge is 0.482 e. The van der Waals surface area contributed by atoms with Crippen molar-refractivity contribution in [2.24, 2.45) is 0 Å². The maximum Gasteiger partial charge on any atom is 0.344 e. The van der Waals surface area contributed by atoms with E-state index >= 15 is 0 Å². The third kappa shape index (κ3) is 12.7. The Morgan fingerprint density at radius 1 is 0.840 bits per heavy atom. The number of rotatable bonds is 15. The number of carbonyl (C=O) groups is 1. The van der Waals surface area contributed by atoms with Crippen LogP contribution < -0.4 is 4.74 Å². The van der Waals surface area contributed by atoms with E-state index in [-0.39, 0.29) is 12.6 Å². The second-order valence-corrected chi connectivity index (χ2v) is 6.94. The van der Waals surface area contributed by atoms with E-state index in [9.17, 15) is 4.79 Å². The molecule has 0 aromatic heterocycles. The number of carbonyl (C=O) groups excluding carboxylic acids is 1. The van der Waals surface area contributed by atoms with Crippen molar-refractivity contribution >= 4 is 17.6 Å². The van der Waals surface area contributed by atoms with Crippen LogP contribution in [0.3, 0.4) is 0 Å². The van der Waals surface area contributed by atoms with Gasteiger partial charge >= 0.3 is 5.97 Å². The van der Waals surface area contributed by atoms with Gasteiger partial charge in [0.05, 0.1) is 6.61 Å². The summed E-state index contributed by atoms with van der Waals surface area (Å²) in [6.07, 6.45) is 14.1. The minimum absolute atomic E-state index is 0.0559. The van der Waals surface area contributed by atoms with E-state index in [0.717, 1.165) is 12.8 Å². The second kappa shape index (κ2) is 15.1. The van der Waals surface area contributed by atoms with Gasteiger partial charge in [0, 0.05) is 5.02 Å². The van der Waals surface area contributed by atoms with Crippen LogP contribution in [0.1, 0.15) is 77.6 Å². The summed E-state index contributed by atoms with van der Waals surface area (Å²) in [6, 6.07) is 6.93. The lowest BCUT2D eigenvalue weighted by Gasteiger charge is -2.07. The van der Waals surface area contributed by atoms with Crippen molar-refractivity contribution in [2.75, 3.05) is 13.2 Å². The molecule has 0 aliphatic rings. The van der Waals surface area contributed by atoms with Crippen LogP contribution in [-0.2, 0) is 9.53 Å². The lowest BCUT2D eigenvalue weighted by atomic mass is 10.1. The van der Waals surface area contributed by atoms with Gasteiger partial charge in [-0.1, -0.05) is 82.7 Å². The molecular weight excluding hydrogens is 336 g/mol. The second-order valence-electron chi connectivity index (χ2n) is 6.50. The predicted octanol–water partition coefficient (Wildman–Crippen LogP) is 6.57. The molecule has 1 aromatic carbocycles. The summed E-state index contributed by atoms with van der Waals surface area (Å²) < 4.78 is 10.5. The van der Waals surface area contributed by atoms with E-state index in [1.807, 2.05) is 0 Å². The molecule has 0 aliphatic carbocycles. The summed E-state index contributed by atoms with van der Waals surface area (Å²) in [6.45, 7) is 2.68. The fraction of sp³-hybridized carbons (Fsp3) is 0.667. The molecule has 142 valence electrons. The molecule has 1 aromatic rings. The normalized spacial score (nSPS) is 10.6. The van der Waals surface area contributed by atoms with Gasteiger partial charge in [-0.05, 0) is 30.7 Å². The van der Waals surface area contributed by atoms with Gasteiger partial charge in [0.1, 0.15) is 5.75 Å². The summed E-state index contributed by atoms with van der Waals surface area (Å²) in [5.74, 6) is 0.304. The smallest absolute Gasteiger partial charge is 0.344 e. The molecule has 0 amide bonds. The lowest BCUT2D eigenvalue weighted by molar-refractivity contribution is -0.146. The standard InChI is InChI=1S/C21H33ClO3/c1-2-3-4-5-6-7-8-9-10-11-12-17-24-21(23)18-25-20-15-13-19(22)14-16-20/h13-16H,2-12,17-18H2,1H3. The minimum atomic E-state index is -0.318. The number of benzene rings is 1. The van der Waals surface area contributed by atoms with Gasteiger partial charge in [0.2, 0.25) is 0 Å². The third-order valence-electron chi connectivity index (χ3n) is 4.18. The summed E-state index contributed by atoms with van der Waals surface area (Å²) in [4.78, 5) is 11.6. The number of hydrogen-bond acceptors (Lipinski definition) is 3. The van der Waals surface area contributed by atoms with Crippen LogP contribution in [0.2, 0.25) is 5.02 Å². The van der Waals surface area contributed by atoms with E-state index in [1.54, 1.807) is 24.3 Å². The van der Waals surface area contributed by atoms with Gasteiger partial charge in [-0.3, -0.25) is 0 Å². The topological polar surface area (TPSA) is 35.5 Å². The maximum atomic E-state index is 11.6. The van der Waals surface area contributed by atoms with E-state index < -0.39 is 0 Å². The van der Waals surface area contributed by atoms with Crippen molar-refractivity contribution in [2.45, 2.75) is 77.6 Å². The SMILES string of the molecule is CCCCCCCCCCCCCOC(=O)COc1ccc(Cl)cc1. The molecule has 4 heteroatoms. The fourth-order valence-electron chi connectivity index (χ4n) is 2.67. The summed E-state index contributed by atoms with van der Waals surface area (Å²) >= 11 is 5.79. The Bertz CT molecular complexity index is 445. The first-order valence-corrected chi connectivity index (χ1v) is 10.1. The first-order valence-electron chi connectivity index (χ1n) is 9.76. The van der Waals surface area contributed by atoms with Crippen molar-refractivity contribution in [3.05, 3.63) is 29.3 Å². The molecule has 0 heterocycles. The quantitative estimate of drug-likeness (QED) is 0.259. The van der Waals surface area contributed by atoms with Crippen molar-refractivity contribution < 1.29 is 14.3 Å². The summed E-state index contributed by atoms with van der Waals surface area (Å²) in [5.41, 5.74) is 0. The highest BCUT2D eigenvalue weighted by Crippen LogP contribution is 2.15. The molecule has 0 unspecified atom stereocenters. The van der Waals surface area contributed by atoms with Crippen LogP contribution in [0, 0.1) is 0 Å². The van der Waals surface area contributed by atoms with Crippen molar-refractivity contribution in [1.82, 2.24) is 0 Å². The van der Waals surface area contributed by atoms with Crippen LogP contribution in [0.5, 0.6) is 5.75 Å². The molecule has 0 N–H and O–H groups in total.